The van der Waals surface area contributed by atoms with Crippen LogP contribution >= 0.6 is 11.3 Å². The molecule has 0 saturated carbocycles. The molecule has 20 heavy (non-hydrogen) atoms. The van der Waals surface area contributed by atoms with Crippen LogP contribution in [0.2, 0.25) is 0 Å². The van der Waals surface area contributed by atoms with Crippen molar-refractivity contribution in [3.63, 3.8) is 0 Å². The molecule has 1 aromatic heterocycles. The Balaban J connectivity index is 2.45. The minimum absolute atomic E-state index is 0.0410. The Morgan fingerprint density at radius 2 is 1.95 bits per heavy atom. The highest BCUT2D eigenvalue weighted by Gasteiger charge is 2.17. The van der Waals surface area contributed by atoms with Crippen LogP contribution < -0.4 is 0 Å². The van der Waals surface area contributed by atoms with Crippen LogP contribution in [0.25, 0.3) is 10.4 Å². The van der Waals surface area contributed by atoms with Crippen LogP contribution in [0.15, 0.2) is 30.3 Å². The van der Waals surface area contributed by atoms with Crippen LogP contribution in [0, 0.1) is 5.82 Å². The second kappa shape index (κ2) is 6.15. The summed E-state index contributed by atoms with van der Waals surface area (Å²) in [5.74, 6) is -0.316. The molecule has 0 aliphatic rings. The second-order valence-electron chi connectivity index (χ2n) is 4.60. The van der Waals surface area contributed by atoms with Gasteiger partial charge in [0.15, 0.2) is 0 Å². The number of amides is 1. The van der Waals surface area contributed by atoms with Gasteiger partial charge in [-0.05, 0) is 29.3 Å². The molecule has 0 unspecified atom stereocenters. The quantitative estimate of drug-likeness (QED) is 0.864. The first kappa shape index (κ1) is 14.7. The molecule has 0 radical (unpaired) electrons. The lowest BCUT2D eigenvalue weighted by Gasteiger charge is -2.07. The lowest BCUT2D eigenvalue weighted by Crippen LogP contribution is -2.20. The minimum atomic E-state index is -0.275. The van der Waals surface area contributed by atoms with Gasteiger partial charge in [0.2, 0.25) is 0 Å². The average Bonchev–Trinajstić information content (AvgIpc) is 2.83. The van der Waals surface area contributed by atoms with Crippen LogP contribution in [0.1, 0.15) is 15.2 Å². The monoisotopic (exact) mass is 293 g/mol. The molecule has 0 N–H and O–H groups in total. The van der Waals surface area contributed by atoms with Gasteiger partial charge in [-0.25, -0.2) is 4.39 Å². The van der Waals surface area contributed by atoms with E-state index in [2.05, 4.69) is 0 Å². The molecule has 0 saturated heterocycles. The number of hydrogen-bond acceptors (Lipinski definition) is 3. The Labute approximate surface area is 121 Å². The topological polar surface area (TPSA) is 29.5 Å². The van der Waals surface area contributed by atoms with E-state index in [0.29, 0.717) is 11.5 Å². The van der Waals surface area contributed by atoms with Gasteiger partial charge in [0.05, 0.1) is 11.5 Å². The largest absolute Gasteiger partial charge is 0.380 e. The lowest BCUT2D eigenvalue weighted by molar-refractivity contribution is 0.0832. The predicted molar refractivity (Wildman–Crippen MR) is 78.4 cm³/mol. The van der Waals surface area contributed by atoms with Gasteiger partial charge in [0.25, 0.3) is 5.91 Å². The summed E-state index contributed by atoms with van der Waals surface area (Å²) in [4.78, 5) is 15.2. The molecule has 0 aliphatic heterocycles. The molecular formula is C15H16FNO2S. The van der Waals surface area contributed by atoms with Crippen molar-refractivity contribution in [1.82, 2.24) is 4.90 Å². The minimum Gasteiger partial charge on any atom is -0.380 e. The molecule has 2 rings (SSSR count). The summed E-state index contributed by atoms with van der Waals surface area (Å²) in [6.45, 7) is 0.421. The van der Waals surface area contributed by atoms with Crippen molar-refractivity contribution in [2.24, 2.45) is 0 Å². The zero-order valence-electron chi connectivity index (χ0n) is 11.6. The number of methoxy groups -OCH3 is 1. The summed E-state index contributed by atoms with van der Waals surface area (Å²) >= 11 is 1.40. The Morgan fingerprint density at radius 3 is 2.50 bits per heavy atom. The van der Waals surface area contributed by atoms with Crippen molar-refractivity contribution in [2.45, 2.75) is 6.61 Å². The number of benzene rings is 1. The van der Waals surface area contributed by atoms with E-state index in [4.69, 9.17) is 4.74 Å². The van der Waals surface area contributed by atoms with E-state index in [1.54, 1.807) is 33.3 Å². The summed E-state index contributed by atoms with van der Waals surface area (Å²) in [7, 11) is 5.05. The third-order valence-corrected chi connectivity index (χ3v) is 4.05. The van der Waals surface area contributed by atoms with Gasteiger partial charge >= 0.3 is 0 Å². The van der Waals surface area contributed by atoms with Crippen LogP contribution in [-0.2, 0) is 11.3 Å². The van der Waals surface area contributed by atoms with Gasteiger partial charge in [-0.3, -0.25) is 4.79 Å². The van der Waals surface area contributed by atoms with E-state index < -0.39 is 0 Å². The highest BCUT2D eigenvalue weighted by Crippen LogP contribution is 2.34. The van der Waals surface area contributed by atoms with Crippen molar-refractivity contribution < 1.29 is 13.9 Å². The Kier molecular flexibility index (Phi) is 4.52. The zero-order valence-corrected chi connectivity index (χ0v) is 12.5. The van der Waals surface area contributed by atoms with E-state index in [1.165, 1.54) is 28.4 Å². The number of nitrogens with zero attached hydrogens (tertiary/aromatic N) is 1. The molecule has 1 aromatic carbocycles. The molecule has 0 aliphatic carbocycles. The maximum Gasteiger partial charge on any atom is 0.263 e. The smallest absolute Gasteiger partial charge is 0.263 e. The summed E-state index contributed by atoms with van der Waals surface area (Å²) in [6, 6.07) is 8.10. The van der Waals surface area contributed by atoms with Gasteiger partial charge < -0.3 is 9.64 Å². The van der Waals surface area contributed by atoms with Gasteiger partial charge in [0, 0.05) is 26.1 Å². The molecule has 0 atom stereocenters. The van der Waals surface area contributed by atoms with Gasteiger partial charge in [-0.1, -0.05) is 12.1 Å². The highest BCUT2D eigenvalue weighted by atomic mass is 32.1. The summed E-state index contributed by atoms with van der Waals surface area (Å²) in [6.07, 6.45) is 0. The number of halogens is 1. The Morgan fingerprint density at radius 1 is 1.30 bits per heavy atom. The summed E-state index contributed by atoms with van der Waals surface area (Å²) in [5.41, 5.74) is 1.83. The zero-order chi connectivity index (χ0) is 14.7. The standard InChI is InChI=1S/C15H16FNO2S/c1-17(2)15(18)13-8-11(9-19-3)14(20-13)10-4-6-12(16)7-5-10/h4-8H,9H2,1-3H3. The van der Waals surface area contributed by atoms with Gasteiger partial charge in [-0.2, -0.15) is 0 Å². The third kappa shape index (κ3) is 3.05. The molecule has 0 bridgehead atoms. The van der Waals surface area contributed by atoms with Gasteiger partial charge in [0.1, 0.15) is 5.82 Å². The van der Waals surface area contributed by atoms with Crippen LogP contribution in [-0.4, -0.2) is 32.0 Å². The molecule has 0 fully saturated rings. The lowest BCUT2D eigenvalue weighted by atomic mass is 10.1. The van der Waals surface area contributed by atoms with Crippen molar-refractivity contribution >= 4 is 17.2 Å². The Bertz CT molecular complexity index is 605. The van der Waals surface area contributed by atoms with E-state index >= 15 is 0 Å². The SMILES string of the molecule is COCc1cc(C(=O)N(C)C)sc1-c1ccc(F)cc1. The fraction of sp³-hybridized carbons (Fsp3) is 0.267. The first-order valence-corrected chi connectivity index (χ1v) is 6.94. The van der Waals surface area contributed by atoms with E-state index in [-0.39, 0.29) is 11.7 Å². The van der Waals surface area contributed by atoms with E-state index in [1.807, 2.05) is 6.07 Å². The van der Waals surface area contributed by atoms with Crippen LogP contribution in [0.5, 0.6) is 0 Å². The predicted octanol–water partition coefficient (Wildman–Crippen LogP) is 3.40. The van der Waals surface area contributed by atoms with Crippen molar-refractivity contribution in [3.8, 4) is 10.4 Å². The van der Waals surface area contributed by atoms with Gasteiger partial charge in [-0.15, -0.1) is 11.3 Å². The maximum atomic E-state index is 13.0. The normalized spacial score (nSPS) is 10.6. The highest BCUT2D eigenvalue weighted by molar-refractivity contribution is 7.17. The number of rotatable bonds is 4. The fourth-order valence-corrected chi connectivity index (χ4v) is 3.06. The van der Waals surface area contributed by atoms with Crippen LogP contribution in [0.3, 0.4) is 0 Å². The summed E-state index contributed by atoms with van der Waals surface area (Å²) < 4.78 is 18.2. The molecule has 0 spiro atoms. The number of ether oxygens (including phenoxy) is 1. The maximum absolute atomic E-state index is 13.0. The molecule has 1 heterocycles. The Hall–Kier alpha value is -1.72. The number of hydrogen-bond donors (Lipinski definition) is 0. The molecule has 106 valence electrons. The molecule has 1 amide bonds. The van der Waals surface area contributed by atoms with E-state index in [0.717, 1.165) is 16.0 Å². The van der Waals surface area contributed by atoms with Crippen molar-refractivity contribution in [2.75, 3.05) is 21.2 Å². The molecule has 5 heteroatoms. The molecule has 2 aromatic rings. The molecule has 3 nitrogen and oxygen atoms in total. The van der Waals surface area contributed by atoms with E-state index in [9.17, 15) is 9.18 Å². The first-order chi connectivity index (χ1) is 9.52. The average molecular weight is 293 g/mol. The number of thiophene rings is 1. The van der Waals surface area contributed by atoms with Crippen molar-refractivity contribution in [1.29, 1.82) is 0 Å². The summed E-state index contributed by atoms with van der Waals surface area (Å²) in [5, 5.41) is 0. The fourth-order valence-electron chi connectivity index (χ4n) is 1.86. The second-order valence-corrected chi connectivity index (χ2v) is 5.66. The van der Waals surface area contributed by atoms with Crippen molar-refractivity contribution in [3.05, 3.63) is 46.6 Å². The molecular weight excluding hydrogens is 277 g/mol. The number of carbonyl (C=O) groups is 1. The third-order valence-electron chi connectivity index (χ3n) is 2.83. The van der Waals surface area contributed by atoms with Crippen LogP contribution in [0.4, 0.5) is 4.39 Å². The first-order valence-electron chi connectivity index (χ1n) is 6.12. The number of carbonyl (C=O) groups excluding carboxylic acids is 1.